The highest BCUT2D eigenvalue weighted by Gasteiger charge is 2.07. The lowest BCUT2D eigenvalue weighted by atomic mass is 10.2. The Hall–Kier alpha value is -0.100. The van der Waals surface area contributed by atoms with Crippen molar-refractivity contribution in [3.63, 3.8) is 0 Å². The molecule has 0 aliphatic heterocycles. The minimum Gasteiger partial charge on any atom is -0.494 e. The Morgan fingerprint density at radius 2 is 1.87 bits per heavy atom. The molecular weight excluding hydrogens is 326 g/mol. The highest BCUT2D eigenvalue weighted by Crippen LogP contribution is 2.34. The fourth-order valence-corrected chi connectivity index (χ4v) is 2.75. The van der Waals surface area contributed by atoms with Gasteiger partial charge in [-0.3, -0.25) is 0 Å². The lowest BCUT2D eigenvalue weighted by Gasteiger charge is -2.09. The molecule has 84 valence electrons. The number of hydroxylamine groups is 1. The van der Waals surface area contributed by atoms with E-state index in [-0.39, 0.29) is 0 Å². The number of ether oxygens (including phenoxy) is 1. The van der Waals surface area contributed by atoms with Gasteiger partial charge in [-0.15, -0.1) is 0 Å². The standard InChI is InChI=1S/C10H13Br2NO2/c1-3-15-13-6-7-4-8(11)10(14-2)9(12)5-7/h4-5,13H,3,6H2,1-2H3. The average Bonchev–Trinajstić information content (AvgIpc) is 2.18. The Morgan fingerprint density at radius 3 is 2.33 bits per heavy atom. The number of nitrogens with one attached hydrogen (secondary N) is 1. The second kappa shape index (κ2) is 6.48. The van der Waals surface area contributed by atoms with E-state index in [0.29, 0.717) is 13.2 Å². The maximum atomic E-state index is 5.21. The van der Waals surface area contributed by atoms with Crippen molar-refractivity contribution in [3.05, 3.63) is 26.6 Å². The maximum Gasteiger partial charge on any atom is 0.147 e. The smallest absolute Gasteiger partial charge is 0.147 e. The monoisotopic (exact) mass is 337 g/mol. The third-order valence-corrected chi connectivity index (χ3v) is 2.96. The summed E-state index contributed by atoms with van der Waals surface area (Å²) in [4.78, 5) is 5.06. The highest BCUT2D eigenvalue weighted by atomic mass is 79.9. The van der Waals surface area contributed by atoms with Crippen molar-refractivity contribution in [2.75, 3.05) is 13.7 Å². The van der Waals surface area contributed by atoms with Gasteiger partial charge in [0.15, 0.2) is 0 Å². The molecule has 0 spiro atoms. The summed E-state index contributed by atoms with van der Waals surface area (Å²) >= 11 is 6.89. The number of methoxy groups -OCH3 is 1. The van der Waals surface area contributed by atoms with Crippen LogP contribution in [0.5, 0.6) is 5.75 Å². The molecule has 3 nitrogen and oxygen atoms in total. The molecule has 0 saturated carbocycles. The van der Waals surface area contributed by atoms with Crippen molar-refractivity contribution >= 4 is 31.9 Å². The van der Waals surface area contributed by atoms with Crippen molar-refractivity contribution in [3.8, 4) is 5.75 Å². The van der Waals surface area contributed by atoms with E-state index in [1.807, 2.05) is 19.1 Å². The first-order chi connectivity index (χ1) is 7.19. The van der Waals surface area contributed by atoms with E-state index < -0.39 is 0 Å². The summed E-state index contributed by atoms with van der Waals surface area (Å²) in [5.74, 6) is 0.801. The molecule has 0 radical (unpaired) electrons. The van der Waals surface area contributed by atoms with Crippen molar-refractivity contribution in [2.45, 2.75) is 13.5 Å². The summed E-state index contributed by atoms with van der Waals surface area (Å²) in [6.07, 6.45) is 0. The van der Waals surface area contributed by atoms with Crippen molar-refractivity contribution in [1.82, 2.24) is 5.48 Å². The van der Waals surface area contributed by atoms with Gasteiger partial charge < -0.3 is 9.57 Å². The quantitative estimate of drug-likeness (QED) is 0.660. The molecule has 15 heavy (non-hydrogen) atoms. The van der Waals surface area contributed by atoms with E-state index in [1.165, 1.54) is 0 Å². The van der Waals surface area contributed by atoms with Crippen LogP contribution >= 0.6 is 31.9 Å². The van der Waals surface area contributed by atoms with Crippen LogP contribution in [0, 0.1) is 0 Å². The number of hydrogen-bond acceptors (Lipinski definition) is 3. The Bertz CT molecular complexity index is 308. The summed E-state index contributed by atoms with van der Waals surface area (Å²) in [7, 11) is 1.64. The van der Waals surface area contributed by atoms with Crippen LogP contribution in [0.3, 0.4) is 0 Å². The Balaban J connectivity index is 2.75. The molecule has 0 atom stereocenters. The Kier molecular flexibility index (Phi) is 5.60. The molecule has 0 aromatic heterocycles. The highest BCUT2D eigenvalue weighted by molar-refractivity contribution is 9.11. The lowest BCUT2D eigenvalue weighted by Crippen LogP contribution is -2.13. The molecule has 1 aromatic rings. The van der Waals surface area contributed by atoms with Crippen LogP contribution in [0.25, 0.3) is 0 Å². The molecular formula is C10H13Br2NO2. The average molecular weight is 339 g/mol. The van der Waals surface area contributed by atoms with E-state index in [1.54, 1.807) is 7.11 Å². The third-order valence-electron chi connectivity index (χ3n) is 1.78. The summed E-state index contributed by atoms with van der Waals surface area (Å²) in [5, 5.41) is 0. The van der Waals surface area contributed by atoms with Crippen LogP contribution in [0.4, 0.5) is 0 Å². The van der Waals surface area contributed by atoms with Crippen molar-refractivity contribution in [2.24, 2.45) is 0 Å². The Labute approximate surface area is 106 Å². The second-order valence-corrected chi connectivity index (χ2v) is 4.56. The van der Waals surface area contributed by atoms with Gasteiger partial charge in [-0.2, -0.15) is 5.48 Å². The minimum absolute atomic E-state index is 0.651. The van der Waals surface area contributed by atoms with Gasteiger partial charge in [0.2, 0.25) is 0 Å². The normalized spacial score (nSPS) is 10.4. The van der Waals surface area contributed by atoms with Crippen LogP contribution in [-0.4, -0.2) is 13.7 Å². The third kappa shape index (κ3) is 3.75. The molecule has 1 aromatic carbocycles. The Morgan fingerprint density at radius 1 is 1.27 bits per heavy atom. The van der Waals surface area contributed by atoms with Gasteiger partial charge >= 0.3 is 0 Å². The van der Waals surface area contributed by atoms with Gasteiger partial charge in [0.25, 0.3) is 0 Å². The van der Waals surface area contributed by atoms with Gasteiger partial charge in [0.05, 0.1) is 22.7 Å². The molecule has 0 bridgehead atoms. The molecule has 1 rings (SSSR count). The molecule has 5 heteroatoms. The molecule has 0 amide bonds. The van der Waals surface area contributed by atoms with Gasteiger partial charge in [-0.1, -0.05) is 0 Å². The van der Waals surface area contributed by atoms with Gasteiger partial charge in [-0.05, 0) is 56.5 Å². The van der Waals surface area contributed by atoms with E-state index in [0.717, 1.165) is 20.3 Å². The first-order valence-electron chi connectivity index (χ1n) is 4.55. The second-order valence-electron chi connectivity index (χ2n) is 2.85. The number of halogens is 2. The van der Waals surface area contributed by atoms with Crippen LogP contribution < -0.4 is 10.2 Å². The van der Waals surface area contributed by atoms with E-state index in [4.69, 9.17) is 9.57 Å². The predicted octanol–water partition coefficient (Wildman–Crippen LogP) is 3.26. The van der Waals surface area contributed by atoms with E-state index in [2.05, 4.69) is 37.3 Å². The van der Waals surface area contributed by atoms with E-state index in [9.17, 15) is 0 Å². The molecule has 0 heterocycles. The van der Waals surface area contributed by atoms with Crippen LogP contribution in [0.2, 0.25) is 0 Å². The SMILES string of the molecule is CCONCc1cc(Br)c(OC)c(Br)c1. The molecule has 1 N–H and O–H groups in total. The molecule has 0 saturated heterocycles. The number of benzene rings is 1. The first-order valence-corrected chi connectivity index (χ1v) is 6.14. The maximum absolute atomic E-state index is 5.21. The van der Waals surface area contributed by atoms with E-state index >= 15 is 0 Å². The molecule has 0 fully saturated rings. The summed E-state index contributed by atoms with van der Waals surface area (Å²) < 4.78 is 7.06. The van der Waals surface area contributed by atoms with Crippen LogP contribution in [-0.2, 0) is 11.4 Å². The first kappa shape index (κ1) is 13.0. The fourth-order valence-electron chi connectivity index (χ4n) is 1.15. The lowest BCUT2D eigenvalue weighted by molar-refractivity contribution is 0.0463. The molecule has 0 aliphatic carbocycles. The van der Waals surface area contributed by atoms with Crippen molar-refractivity contribution in [1.29, 1.82) is 0 Å². The minimum atomic E-state index is 0.651. The zero-order valence-corrected chi connectivity index (χ0v) is 11.8. The largest absolute Gasteiger partial charge is 0.494 e. The topological polar surface area (TPSA) is 30.5 Å². The van der Waals surface area contributed by atoms with Crippen LogP contribution in [0.1, 0.15) is 12.5 Å². The number of rotatable bonds is 5. The van der Waals surface area contributed by atoms with Crippen LogP contribution in [0.15, 0.2) is 21.1 Å². The zero-order valence-electron chi connectivity index (χ0n) is 8.64. The van der Waals surface area contributed by atoms with Gasteiger partial charge in [0.1, 0.15) is 5.75 Å². The van der Waals surface area contributed by atoms with Gasteiger partial charge in [0, 0.05) is 6.54 Å². The fraction of sp³-hybridized carbons (Fsp3) is 0.400. The molecule has 0 aliphatic rings. The van der Waals surface area contributed by atoms with Gasteiger partial charge in [-0.25, -0.2) is 0 Å². The van der Waals surface area contributed by atoms with Crippen molar-refractivity contribution < 1.29 is 9.57 Å². The summed E-state index contributed by atoms with van der Waals surface area (Å²) in [6.45, 7) is 3.25. The zero-order chi connectivity index (χ0) is 11.3. The summed E-state index contributed by atoms with van der Waals surface area (Å²) in [5.41, 5.74) is 3.97. The summed E-state index contributed by atoms with van der Waals surface area (Å²) in [6, 6.07) is 3.99. The molecule has 0 unspecified atom stereocenters. The number of hydrogen-bond donors (Lipinski definition) is 1. The predicted molar refractivity (Wildman–Crippen MR) is 66.9 cm³/mol.